The molecule has 1 rings (SSSR count). The van der Waals surface area contributed by atoms with Crippen molar-refractivity contribution in [2.45, 2.75) is 13.8 Å². The molecule has 0 aromatic heterocycles. The van der Waals surface area contributed by atoms with Crippen LogP contribution in [0.15, 0.2) is 30.0 Å². The second-order valence-electron chi connectivity index (χ2n) is 3.98. The van der Waals surface area contributed by atoms with E-state index in [-0.39, 0.29) is 11.4 Å². The summed E-state index contributed by atoms with van der Waals surface area (Å²) in [6.45, 7) is 2.88. The Labute approximate surface area is 115 Å². The second-order valence-corrected chi connectivity index (χ2v) is 3.98. The van der Waals surface area contributed by atoms with Gasteiger partial charge in [-0.25, -0.2) is 4.79 Å². The molecule has 0 heterocycles. The van der Waals surface area contributed by atoms with Gasteiger partial charge < -0.3 is 10.1 Å². The fraction of sp³-hybridized carbons (Fsp3) is 0.231. The molecular weight excluding hydrogens is 264 g/mol. The number of amides is 1. The third-order valence-electron chi connectivity index (χ3n) is 2.58. The fourth-order valence-corrected chi connectivity index (χ4v) is 1.55. The van der Waals surface area contributed by atoms with Crippen molar-refractivity contribution < 1.29 is 19.2 Å². The van der Waals surface area contributed by atoms with Gasteiger partial charge in [-0.15, -0.1) is 0 Å². The number of nitrogens with zero attached hydrogens (tertiary/aromatic N) is 1. The molecule has 7 heteroatoms. The average Bonchev–Trinajstić information content (AvgIpc) is 2.43. The number of carbonyl (C=O) groups is 2. The van der Waals surface area contributed by atoms with Gasteiger partial charge in [0.15, 0.2) is 0 Å². The molecule has 0 bridgehead atoms. The van der Waals surface area contributed by atoms with E-state index in [0.717, 1.165) is 0 Å². The van der Waals surface area contributed by atoms with E-state index in [9.17, 15) is 19.7 Å². The van der Waals surface area contributed by atoms with Gasteiger partial charge in [-0.1, -0.05) is 0 Å². The number of nitro benzene ring substituents is 1. The molecule has 106 valence electrons. The molecule has 0 saturated heterocycles. The van der Waals surface area contributed by atoms with E-state index in [4.69, 9.17) is 0 Å². The molecule has 0 aliphatic carbocycles. The molecule has 0 aliphatic heterocycles. The number of methoxy groups -OCH3 is 1. The molecule has 1 aromatic carbocycles. The van der Waals surface area contributed by atoms with E-state index in [2.05, 4.69) is 10.1 Å². The van der Waals surface area contributed by atoms with Gasteiger partial charge in [0.2, 0.25) is 5.91 Å². The number of non-ortho nitro benzene ring substituents is 1. The number of hydrogen-bond acceptors (Lipinski definition) is 5. The van der Waals surface area contributed by atoms with Crippen molar-refractivity contribution in [1.82, 2.24) is 5.32 Å². The molecule has 1 N–H and O–H groups in total. The Hall–Kier alpha value is -2.70. The van der Waals surface area contributed by atoms with Gasteiger partial charge in [-0.3, -0.25) is 14.9 Å². The minimum Gasteiger partial charge on any atom is -0.464 e. The Morgan fingerprint density at radius 2 is 1.75 bits per heavy atom. The predicted octanol–water partition coefficient (Wildman–Crippen LogP) is 1.63. The second kappa shape index (κ2) is 6.46. The van der Waals surface area contributed by atoms with Crippen LogP contribution in [0.3, 0.4) is 0 Å². The van der Waals surface area contributed by atoms with Gasteiger partial charge in [0, 0.05) is 19.1 Å². The molecular formula is C13H14N2O5. The van der Waals surface area contributed by atoms with Crippen LogP contribution in [-0.4, -0.2) is 23.9 Å². The smallest absolute Gasteiger partial charge is 0.354 e. The standard InChI is InChI=1S/C13H14N2O5/c1-8(12(13(17)20-3)14-9(2)16)10-4-6-11(7-5-10)15(18)19/h4-7H,1-3H3,(H,14,16)/b12-8-. The molecule has 20 heavy (non-hydrogen) atoms. The quantitative estimate of drug-likeness (QED) is 0.390. The van der Waals surface area contributed by atoms with Crippen LogP contribution in [0.5, 0.6) is 0 Å². The Morgan fingerprint density at radius 3 is 2.15 bits per heavy atom. The fourth-order valence-electron chi connectivity index (χ4n) is 1.55. The highest BCUT2D eigenvalue weighted by atomic mass is 16.6. The highest BCUT2D eigenvalue weighted by molar-refractivity contribution is 6.00. The largest absolute Gasteiger partial charge is 0.464 e. The van der Waals surface area contributed by atoms with Gasteiger partial charge in [-0.2, -0.15) is 0 Å². The SMILES string of the molecule is COC(=O)/C(NC(C)=O)=C(\C)c1ccc([N+](=O)[O-])cc1. The summed E-state index contributed by atoms with van der Waals surface area (Å²) in [7, 11) is 1.20. The first-order valence-corrected chi connectivity index (χ1v) is 5.68. The van der Waals surface area contributed by atoms with E-state index in [0.29, 0.717) is 11.1 Å². The first-order chi connectivity index (χ1) is 9.36. The zero-order valence-corrected chi connectivity index (χ0v) is 11.3. The highest BCUT2D eigenvalue weighted by Crippen LogP contribution is 2.21. The Kier molecular flexibility index (Phi) is 4.96. The summed E-state index contributed by atoms with van der Waals surface area (Å²) in [6, 6.07) is 5.64. The maximum absolute atomic E-state index is 11.6. The topological polar surface area (TPSA) is 98.5 Å². The van der Waals surface area contributed by atoms with Crippen LogP contribution < -0.4 is 5.32 Å². The lowest BCUT2D eigenvalue weighted by Crippen LogP contribution is -2.26. The number of nitrogens with one attached hydrogen (secondary N) is 1. The molecule has 1 amide bonds. The van der Waals surface area contributed by atoms with Gasteiger partial charge in [0.1, 0.15) is 5.70 Å². The average molecular weight is 278 g/mol. The van der Waals surface area contributed by atoms with Crippen molar-refractivity contribution in [3.8, 4) is 0 Å². The van der Waals surface area contributed by atoms with Crippen LogP contribution in [-0.2, 0) is 14.3 Å². The molecule has 0 fully saturated rings. The monoisotopic (exact) mass is 278 g/mol. The number of esters is 1. The lowest BCUT2D eigenvalue weighted by atomic mass is 10.0. The highest BCUT2D eigenvalue weighted by Gasteiger charge is 2.16. The summed E-state index contributed by atoms with van der Waals surface area (Å²) in [5.41, 5.74) is 0.987. The van der Waals surface area contributed by atoms with Crippen molar-refractivity contribution in [1.29, 1.82) is 0 Å². The number of carbonyl (C=O) groups excluding carboxylic acids is 2. The van der Waals surface area contributed by atoms with Crippen molar-refractivity contribution in [3.63, 3.8) is 0 Å². The molecule has 0 radical (unpaired) electrons. The zero-order valence-electron chi connectivity index (χ0n) is 11.3. The van der Waals surface area contributed by atoms with Gasteiger partial charge >= 0.3 is 5.97 Å². The van der Waals surface area contributed by atoms with Gasteiger partial charge in [-0.05, 0) is 30.2 Å². The summed E-state index contributed by atoms with van der Waals surface area (Å²) < 4.78 is 4.60. The Bertz CT molecular complexity index is 575. The predicted molar refractivity (Wildman–Crippen MR) is 71.5 cm³/mol. The maximum Gasteiger partial charge on any atom is 0.354 e. The molecule has 1 aromatic rings. The minimum absolute atomic E-state index is 0.00820. The molecule has 0 spiro atoms. The number of rotatable bonds is 4. The van der Waals surface area contributed by atoms with Crippen LogP contribution in [0.1, 0.15) is 19.4 Å². The van der Waals surface area contributed by atoms with E-state index in [1.165, 1.54) is 38.3 Å². The number of benzene rings is 1. The van der Waals surface area contributed by atoms with Gasteiger partial charge in [0.25, 0.3) is 5.69 Å². The first-order valence-electron chi connectivity index (χ1n) is 5.68. The maximum atomic E-state index is 11.6. The van der Waals surface area contributed by atoms with Crippen molar-refractivity contribution in [2.24, 2.45) is 0 Å². The number of hydrogen-bond donors (Lipinski definition) is 1. The van der Waals surface area contributed by atoms with E-state index in [1.807, 2.05) is 0 Å². The summed E-state index contributed by atoms with van der Waals surface area (Å²) in [4.78, 5) is 32.8. The lowest BCUT2D eigenvalue weighted by molar-refractivity contribution is -0.384. The summed E-state index contributed by atoms with van der Waals surface area (Å²) >= 11 is 0. The van der Waals surface area contributed by atoms with Crippen LogP contribution in [0.25, 0.3) is 5.57 Å². The zero-order chi connectivity index (χ0) is 15.3. The Morgan fingerprint density at radius 1 is 1.20 bits per heavy atom. The van der Waals surface area contributed by atoms with Crippen molar-refractivity contribution >= 4 is 23.1 Å². The van der Waals surface area contributed by atoms with Gasteiger partial charge in [0.05, 0.1) is 12.0 Å². The molecule has 0 aliphatic rings. The van der Waals surface area contributed by atoms with Crippen molar-refractivity contribution in [2.75, 3.05) is 7.11 Å². The van der Waals surface area contributed by atoms with Crippen molar-refractivity contribution in [3.05, 3.63) is 45.6 Å². The van der Waals surface area contributed by atoms with E-state index < -0.39 is 16.8 Å². The van der Waals surface area contributed by atoms with E-state index >= 15 is 0 Å². The summed E-state index contributed by atoms with van der Waals surface area (Å²) in [5.74, 6) is -1.09. The number of allylic oxidation sites excluding steroid dienone is 1. The first kappa shape index (κ1) is 15.4. The number of nitro groups is 1. The molecule has 7 nitrogen and oxygen atoms in total. The lowest BCUT2D eigenvalue weighted by Gasteiger charge is -2.11. The molecule has 0 unspecified atom stereocenters. The Balaban J connectivity index is 3.23. The normalized spacial score (nSPS) is 11.3. The molecule has 0 atom stereocenters. The molecule has 0 saturated carbocycles. The summed E-state index contributed by atoms with van der Waals surface area (Å²) in [6.07, 6.45) is 0. The third-order valence-corrected chi connectivity index (χ3v) is 2.58. The van der Waals surface area contributed by atoms with E-state index in [1.54, 1.807) is 6.92 Å². The van der Waals surface area contributed by atoms with Crippen LogP contribution >= 0.6 is 0 Å². The third kappa shape index (κ3) is 3.64. The van der Waals surface area contributed by atoms with Crippen LogP contribution in [0.2, 0.25) is 0 Å². The van der Waals surface area contributed by atoms with Crippen LogP contribution in [0, 0.1) is 10.1 Å². The summed E-state index contributed by atoms with van der Waals surface area (Å²) in [5, 5.41) is 13.0. The number of ether oxygens (including phenoxy) is 1. The minimum atomic E-state index is -0.684. The van der Waals surface area contributed by atoms with Crippen LogP contribution in [0.4, 0.5) is 5.69 Å².